The number of nitrogens with one attached hydrogen (secondary N) is 1. The highest BCUT2D eigenvalue weighted by Gasteiger charge is 2.33. The highest BCUT2D eigenvalue weighted by atomic mass is 15.0. The minimum absolute atomic E-state index is 0.444. The molecule has 0 aromatic rings. The van der Waals surface area contributed by atoms with Gasteiger partial charge in [-0.25, -0.2) is 0 Å². The van der Waals surface area contributed by atoms with E-state index in [1.807, 2.05) is 0 Å². The smallest absolute Gasteiger partial charge is 0.0237 e. The van der Waals surface area contributed by atoms with Gasteiger partial charge in [-0.2, -0.15) is 0 Å². The summed E-state index contributed by atoms with van der Waals surface area (Å²) in [7, 11) is 0. The maximum Gasteiger partial charge on any atom is 0.0237 e. The second-order valence-electron chi connectivity index (χ2n) is 3.36. The summed E-state index contributed by atoms with van der Waals surface area (Å²) in [5.41, 5.74) is 5.65. The Kier molecular flexibility index (Phi) is 2.69. The fraction of sp³-hybridized carbons (Fsp3) is 1.00. The molecule has 1 aliphatic carbocycles. The lowest BCUT2D eigenvalue weighted by Gasteiger charge is -2.11. The lowest BCUT2D eigenvalue weighted by atomic mass is 10.2. The Balaban J connectivity index is 2.01. The highest BCUT2D eigenvalue weighted by molar-refractivity contribution is 4.97. The molecule has 2 heteroatoms. The van der Waals surface area contributed by atoms with Gasteiger partial charge in [-0.3, -0.25) is 0 Å². The summed E-state index contributed by atoms with van der Waals surface area (Å²) in [6, 6.07) is 1.73. The van der Waals surface area contributed by atoms with Crippen molar-refractivity contribution >= 4 is 0 Å². The van der Waals surface area contributed by atoms with Gasteiger partial charge in [0.2, 0.25) is 0 Å². The summed E-state index contributed by atoms with van der Waals surface area (Å²) in [6.45, 7) is 4.44. The first-order valence-electron chi connectivity index (χ1n) is 4.25. The third-order valence-electron chi connectivity index (χ3n) is 2.06. The van der Waals surface area contributed by atoms with Crippen LogP contribution in [0.25, 0.3) is 0 Å². The molecule has 0 aromatic heterocycles. The van der Waals surface area contributed by atoms with Gasteiger partial charge in [-0.05, 0) is 19.8 Å². The van der Waals surface area contributed by atoms with Crippen LogP contribution in [0.15, 0.2) is 0 Å². The van der Waals surface area contributed by atoms with Crippen LogP contribution in [0.4, 0.5) is 0 Å². The predicted octanol–water partition coefficient (Wildman–Crippen LogP) is 0.864. The molecule has 3 unspecified atom stereocenters. The van der Waals surface area contributed by atoms with Gasteiger partial charge in [0.25, 0.3) is 0 Å². The predicted molar refractivity (Wildman–Crippen MR) is 43.9 cm³/mol. The van der Waals surface area contributed by atoms with Crippen LogP contribution >= 0.6 is 0 Å². The molecule has 0 aromatic carbocycles. The van der Waals surface area contributed by atoms with Gasteiger partial charge in [0.05, 0.1) is 0 Å². The summed E-state index contributed by atoms with van der Waals surface area (Å²) in [5.74, 6) is 0. The average molecular weight is 142 g/mol. The van der Waals surface area contributed by atoms with Crippen molar-refractivity contribution in [1.82, 2.24) is 5.32 Å². The van der Waals surface area contributed by atoms with Crippen LogP contribution in [0.2, 0.25) is 0 Å². The van der Waals surface area contributed by atoms with Crippen LogP contribution in [0, 0.1) is 0 Å². The molecule has 1 rings (SSSR count). The van der Waals surface area contributed by atoms with E-state index in [-0.39, 0.29) is 0 Å². The van der Waals surface area contributed by atoms with Crippen molar-refractivity contribution in [2.24, 2.45) is 5.73 Å². The number of nitrogens with two attached hydrogens (primary N) is 1. The third kappa shape index (κ3) is 2.27. The van der Waals surface area contributed by atoms with E-state index in [2.05, 4.69) is 19.2 Å². The molecule has 0 bridgehead atoms. The molecule has 3 atom stereocenters. The van der Waals surface area contributed by atoms with Crippen molar-refractivity contribution in [3.8, 4) is 0 Å². The van der Waals surface area contributed by atoms with Crippen LogP contribution in [0.1, 0.15) is 33.1 Å². The van der Waals surface area contributed by atoms with E-state index in [1.54, 1.807) is 0 Å². The van der Waals surface area contributed by atoms with Crippen LogP contribution in [0.5, 0.6) is 0 Å². The largest absolute Gasteiger partial charge is 0.326 e. The summed E-state index contributed by atoms with van der Waals surface area (Å²) in [4.78, 5) is 0. The number of hydrogen-bond donors (Lipinski definition) is 2. The Morgan fingerprint density at radius 3 is 2.70 bits per heavy atom. The topological polar surface area (TPSA) is 38.0 Å². The number of hydrogen-bond acceptors (Lipinski definition) is 2. The Morgan fingerprint density at radius 1 is 1.70 bits per heavy atom. The first kappa shape index (κ1) is 8.02. The van der Waals surface area contributed by atoms with E-state index in [0.29, 0.717) is 18.1 Å². The fourth-order valence-electron chi connectivity index (χ4n) is 1.29. The second kappa shape index (κ2) is 3.35. The monoisotopic (exact) mass is 142 g/mol. The van der Waals surface area contributed by atoms with Gasteiger partial charge in [-0.1, -0.05) is 13.3 Å². The molecule has 0 saturated heterocycles. The summed E-state index contributed by atoms with van der Waals surface area (Å²) in [5, 5.41) is 3.48. The standard InChI is InChI=1S/C8H18N2/c1-3-4-6(2)10-8-5-7(8)9/h6-8,10H,3-5,9H2,1-2H3. The molecule has 3 N–H and O–H groups in total. The summed E-state index contributed by atoms with van der Waals surface area (Å²) >= 11 is 0. The lowest BCUT2D eigenvalue weighted by Crippen LogP contribution is -2.31. The first-order chi connectivity index (χ1) is 4.74. The zero-order valence-electron chi connectivity index (χ0n) is 6.93. The normalized spacial score (nSPS) is 33.9. The molecule has 1 fully saturated rings. The Labute approximate surface area is 63.2 Å². The quantitative estimate of drug-likeness (QED) is 0.611. The van der Waals surface area contributed by atoms with Gasteiger partial charge in [-0.15, -0.1) is 0 Å². The van der Waals surface area contributed by atoms with Gasteiger partial charge in [0.15, 0.2) is 0 Å². The zero-order valence-corrected chi connectivity index (χ0v) is 6.93. The van der Waals surface area contributed by atoms with E-state index >= 15 is 0 Å². The van der Waals surface area contributed by atoms with Crippen molar-refractivity contribution in [2.45, 2.75) is 51.2 Å². The zero-order chi connectivity index (χ0) is 7.56. The molecule has 1 saturated carbocycles. The van der Waals surface area contributed by atoms with Crippen molar-refractivity contribution in [3.05, 3.63) is 0 Å². The van der Waals surface area contributed by atoms with Crippen molar-refractivity contribution in [2.75, 3.05) is 0 Å². The SMILES string of the molecule is CCCC(C)NC1CC1N. The second-order valence-corrected chi connectivity index (χ2v) is 3.36. The van der Waals surface area contributed by atoms with Gasteiger partial charge in [0, 0.05) is 18.1 Å². The summed E-state index contributed by atoms with van der Waals surface area (Å²) < 4.78 is 0. The van der Waals surface area contributed by atoms with Crippen molar-refractivity contribution < 1.29 is 0 Å². The Hall–Kier alpha value is -0.0800. The average Bonchev–Trinajstić information content (AvgIpc) is 2.47. The van der Waals surface area contributed by atoms with Crippen LogP contribution in [-0.2, 0) is 0 Å². The lowest BCUT2D eigenvalue weighted by molar-refractivity contribution is 0.500. The molecule has 2 nitrogen and oxygen atoms in total. The third-order valence-corrected chi connectivity index (χ3v) is 2.06. The van der Waals surface area contributed by atoms with E-state index in [9.17, 15) is 0 Å². The van der Waals surface area contributed by atoms with Gasteiger partial charge < -0.3 is 11.1 Å². The Morgan fingerprint density at radius 2 is 2.30 bits per heavy atom. The Bertz CT molecular complexity index is 103. The molecular formula is C8H18N2. The van der Waals surface area contributed by atoms with Crippen LogP contribution < -0.4 is 11.1 Å². The van der Waals surface area contributed by atoms with E-state index in [4.69, 9.17) is 5.73 Å². The van der Waals surface area contributed by atoms with Crippen molar-refractivity contribution in [3.63, 3.8) is 0 Å². The van der Waals surface area contributed by atoms with Gasteiger partial charge >= 0.3 is 0 Å². The minimum atomic E-state index is 0.444. The summed E-state index contributed by atoms with van der Waals surface area (Å²) in [6.07, 6.45) is 3.70. The molecule has 10 heavy (non-hydrogen) atoms. The molecule has 1 aliphatic rings. The first-order valence-corrected chi connectivity index (χ1v) is 4.25. The van der Waals surface area contributed by atoms with E-state index in [1.165, 1.54) is 19.3 Å². The molecular weight excluding hydrogens is 124 g/mol. The van der Waals surface area contributed by atoms with E-state index in [0.717, 1.165) is 0 Å². The van der Waals surface area contributed by atoms with Crippen LogP contribution in [-0.4, -0.2) is 18.1 Å². The molecule has 0 heterocycles. The molecule has 0 aliphatic heterocycles. The van der Waals surface area contributed by atoms with Crippen LogP contribution in [0.3, 0.4) is 0 Å². The highest BCUT2D eigenvalue weighted by Crippen LogP contribution is 2.18. The maximum absolute atomic E-state index is 5.65. The van der Waals surface area contributed by atoms with Crippen molar-refractivity contribution in [1.29, 1.82) is 0 Å². The fourth-order valence-corrected chi connectivity index (χ4v) is 1.29. The van der Waals surface area contributed by atoms with E-state index < -0.39 is 0 Å². The molecule has 0 spiro atoms. The molecule has 0 radical (unpaired) electrons. The molecule has 60 valence electrons. The maximum atomic E-state index is 5.65. The molecule has 0 amide bonds. The number of rotatable bonds is 4. The van der Waals surface area contributed by atoms with Gasteiger partial charge in [0.1, 0.15) is 0 Å². The minimum Gasteiger partial charge on any atom is -0.326 e.